The number of hydrogen-bond donors (Lipinski definition) is 0. The molecule has 112 valence electrons. The van der Waals surface area contributed by atoms with Crippen molar-refractivity contribution in [2.75, 3.05) is 33.6 Å². The molecule has 0 spiro atoms. The third-order valence-electron chi connectivity index (χ3n) is 2.77. The Morgan fingerprint density at radius 2 is 2.05 bits per heavy atom. The number of benzene rings is 1. The van der Waals surface area contributed by atoms with Crippen LogP contribution in [0.3, 0.4) is 0 Å². The van der Waals surface area contributed by atoms with Gasteiger partial charge in [-0.25, -0.2) is 8.42 Å². The zero-order valence-electron chi connectivity index (χ0n) is 11.7. The van der Waals surface area contributed by atoms with Crippen molar-refractivity contribution in [2.24, 2.45) is 0 Å². The van der Waals surface area contributed by atoms with Crippen LogP contribution < -0.4 is 0 Å². The van der Waals surface area contributed by atoms with Gasteiger partial charge in [0.2, 0.25) is 0 Å². The van der Waals surface area contributed by atoms with E-state index >= 15 is 0 Å². The Hall–Kier alpha value is -1.11. The zero-order valence-corrected chi connectivity index (χ0v) is 13.3. The van der Waals surface area contributed by atoms with Crippen molar-refractivity contribution in [2.45, 2.75) is 11.3 Å². The van der Waals surface area contributed by atoms with Gasteiger partial charge < -0.3 is 9.64 Å². The fourth-order valence-electron chi connectivity index (χ4n) is 1.69. The molecule has 20 heavy (non-hydrogen) atoms. The van der Waals surface area contributed by atoms with Crippen molar-refractivity contribution >= 4 is 27.3 Å². The monoisotopic (exact) mass is 319 g/mol. The lowest BCUT2D eigenvalue weighted by Crippen LogP contribution is -2.28. The van der Waals surface area contributed by atoms with Crippen LogP contribution in [0.25, 0.3) is 0 Å². The Morgan fingerprint density at radius 3 is 2.60 bits per heavy atom. The molecular weight excluding hydrogens is 302 g/mol. The van der Waals surface area contributed by atoms with Gasteiger partial charge in [-0.05, 0) is 24.6 Å². The van der Waals surface area contributed by atoms with E-state index in [4.69, 9.17) is 16.3 Å². The second kappa shape index (κ2) is 7.06. The summed E-state index contributed by atoms with van der Waals surface area (Å²) in [6.07, 6.45) is 1.77. The topological polar surface area (TPSA) is 63.7 Å². The summed E-state index contributed by atoms with van der Waals surface area (Å²) < 4.78 is 28.1. The van der Waals surface area contributed by atoms with E-state index in [1.807, 2.05) is 0 Å². The van der Waals surface area contributed by atoms with E-state index < -0.39 is 9.84 Å². The molecule has 0 aliphatic rings. The normalized spacial score (nSPS) is 11.4. The van der Waals surface area contributed by atoms with Gasteiger partial charge in [-0.1, -0.05) is 11.6 Å². The van der Waals surface area contributed by atoms with E-state index in [1.54, 1.807) is 14.2 Å². The smallest absolute Gasteiger partial charge is 0.253 e. The van der Waals surface area contributed by atoms with E-state index in [1.165, 1.54) is 23.1 Å². The van der Waals surface area contributed by atoms with Crippen molar-refractivity contribution < 1.29 is 17.9 Å². The molecule has 0 bridgehead atoms. The van der Waals surface area contributed by atoms with E-state index in [2.05, 4.69) is 0 Å². The van der Waals surface area contributed by atoms with Gasteiger partial charge >= 0.3 is 0 Å². The van der Waals surface area contributed by atoms with E-state index in [-0.39, 0.29) is 15.8 Å². The van der Waals surface area contributed by atoms with Crippen LogP contribution in [-0.2, 0) is 14.6 Å². The maximum atomic E-state index is 12.2. The van der Waals surface area contributed by atoms with Gasteiger partial charge in [-0.15, -0.1) is 0 Å². The summed E-state index contributed by atoms with van der Waals surface area (Å²) in [5, 5.41) is 0.117. The largest absolute Gasteiger partial charge is 0.385 e. The number of sulfone groups is 1. The number of rotatable bonds is 6. The summed E-state index contributed by atoms with van der Waals surface area (Å²) in [5.41, 5.74) is 0.301. The average Bonchev–Trinajstić information content (AvgIpc) is 2.37. The Kier molecular flexibility index (Phi) is 5.98. The molecule has 0 aliphatic carbocycles. The Bertz CT molecular complexity index is 586. The molecule has 1 aromatic carbocycles. The minimum absolute atomic E-state index is 0.0321. The summed E-state index contributed by atoms with van der Waals surface area (Å²) in [6, 6.07) is 4.26. The molecule has 0 fully saturated rings. The number of ether oxygens (including phenoxy) is 1. The van der Waals surface area contributed by atoms with E-state index in [0.29, 0.717) is 25.1 Å². The second-order valence-corrected chi connectivity index (χ2v) is 6.88. The van der Waals surface area contributed by atoms with Gasteiger partial charge in [0.25, 0.3) is 5.91 Å². The molecule has 1 amide bonds. The molecule has 0 radical (unpaired) electrons. The van der Waals surface area contributed by atoms with Gasteiger partial charge in [-0.2, -0.15) is 0 Å². The van der Waals surface area contributed by atoms with Gasteiger partial charge in [0.05, 0.1) is 9.92 Å². The Labute approximate surface area is 124 Å². The van der Waals surface area contributed by atoms with Crippen molar-refractivity contribution in [3.05, 3.63) is 28.8 Å². The summed E-state index contributed by atoms with van der Waals surface area (Å²) >= 11 is 5.85. The third kappa shape index (κ3) is 4.47. The van der Waals surface area contributed by atoms with Gasteiger partial charge in [-0.3, -0.25) is 4.79 Å². The first kappa shape index (κ1) is 16.9. The highest BCUT2D eigenvalue weighted by Crippen LogP contribution is 2.23. The molecule has 0 heterocycles. The molecule has 7 heteroatoms. The molecular formula is C13H18ClNO4S. The quantitative estimate of drug-likeness (QED) is 0.751. The van der Waals surface area contributed by atoms with Crippen molar-refractivity contribution in [3.8, 4) is 0 Å². The molecule has 0 aliphatic heterocycles. The lowest BCUT2D eigenvalue weighted by atomic mass is 10.2. The molecule has 0 aromatic heterocycles. The van der Waals surface area contributed by atoms with E-state index in [0.717, 1.165) is 6.26 Å². The van der Waals surface area contributed by atoms with E-state index in [9.17, 15) is 13.2 Å². The average molecular weight is 320 g/mol. The zero-order chi connectivity index (χ0) is 15.3. The van der Waals surface area contributed by atoms with Crippen molar-refractivity contribution in [3.63, 3.8) is 0 Å². The molecule has 1 aromatic rings. The number of methoxy groups -OCH3 is 1. The first-order valence-corrected chi connectivity index (χ1v) is 8.28. The molecule has 0 N–H and O–H groups in total. The third-order valence-corrected chi connectivity index (χ3v) is 4.34. The summed E-state index contributed by atoms with van der Waals surface area (Å²) in [4.78, 5) is 13.7. The van der Waals surface area contributed by atoms with Gasteiger partial charge in [0, 0.05) is 39.1 Å². The maximum absolute atomic E-state index is 12.2. The van der Waals surface area contributed by atoms with Crippen LogP contribution in [0, 0.1) is 0 Å². The van der Waals surface area contributed by atoms with Gasteiger partial charge in [0.15, 0.2) is 9.84 Å². The minimum Gasteiger partial charge on any atom is -0.385 e. The molecule has 5 nitrogen and oxygen atoms in total. The lowest BCUT2D eigenvalue weighted by molar-refractivity contribution is 0.0779. The molecule has 0 unspecified atom stereocenters. The van der Waals surface area contributed by atoms with Crippen LogP contribution in [-0.4, -0.2) is 52.8 Å². The number of nitrogens with zero attached hydrogens (tertiary/aromatic N) is 1. The fourth-order valence-corrected chi connectivity index (χ4v) is 2.99. The predicted octanol–water partition coefficient (Wildman–Crippen LogP) is 1.85. The van der Waals surface area contributed by atoms with Gasteiger partial charge in [0.1, 0.15) is 0 Å². The fraction of sp³-hybridized carbons (Fsp3) is 0.462. The van der Waals surface area contributed by atoms with Crippen LogP contribution in [0.15, 0.2) is 23.1 Å². The Balaban J connectivity index is 2.94. The summed E-state index contributed by atoms with van der Waals surface area (Å²) in [6.45, 7) is 1.09. The predicted molar refractivity (Wildman–Crippen MR) is 78.0 cm³/mol. The minimum atomic E-state index is -3.46. The number of halogens is 1. The number of carbonyl (C=O) groups excluding carboxylic acids is 1. The lowest BCUT2D eigenvalue weighted by Gasteiger charge is -2.17. The summed E-state index contributed by atoms with van der Waals surface area (Å²) in [5.74, 6) is -0.248. The van der Waals surface area contributed by atoms with Crippen LogP contribution in [0.5, 0.6) is 0 Å². The molecule has 0 atom stereocenters. The Morgan fingerprint density at radius 1 is 1.40 bits per heavy atom. The first-order chi connectivity index (χ1) is 9.27. The standard InChI is InChI=1S/C13H18ClNO4S/c1-15(7-4-8-19-2)13(16)10-5-6-11(14)12(9-10)20(3,17)18/h5-6,9H,4,7-8H2,1-3H3. The first-order valence-electron chi connectivity index (χ1n) is 6.01. The number of carbonyl (C=O) groups is 1. The molecule has 0 saturated carbocycles. The maximum Gasteiger partial charge on any atom is 0.253 e. The SMILES string of the molecule is COCCCN(C)C(=O)c1ccc(Cl)c(S(C)(=O)=O)c1. The second-order valence-electron chi connectivity index (χ2n) is 4.49. The van der Waals surface area contributed by atoms with Crippen molar-refractivity contribution in [1.82, 2.24) is 4.90 Å². The molecule has 1 rings (SSSR count). The van der Waals surface area contributed by atoms with Crippen LogP contribution in [0.4, 0.5) is 0 Å². The molecule has 0 saturated heterocycles. The highest BCUT2D eigenvalue weighted by atomic mass is 35.5. The number of hydrogen-bond acceptors (Lipinski definition) is 4. The van der Waals surface area contributed by atoms with Crippen LogP contribution >= 0.6 is 11.6 Å². The van der Waals surface area contributed by atoms with Crippen molar-refractivity contribution in [1.29, 1.82) is 0 Å². The van der Waals surface area contributed by atoms with Crippen LogP contribution in [0.2, 0.25) is 5.02 Å². The summed E-state index contributed by atoms with van der Waals surface area (Å²) in [7, 11) is -0.203. The van der Waals surface area contributed by atoms with Crippen LogP contribution in [0.1, 0.15) is 16.8 Å². The highest BCUT2D eigenvalue weighted by molar-refractivity contribution is 7.90. The highest BCUT2D eigenvalue weighted by Gasteiger charge is 2.17. The number of amides is 1.